The number of nitrogens with one attached hydrogen (secondary N) is 2. The molecule has 0 saturated carbocycles. The molecule has 0 radical (unpaired) electrons. The molecule has 0 atom stereocenters. The summed E-state index contributed by atoms with van der Waals surface area (Å²) >= 11 is 1.06. The van der Waals surface area contributed by atoms with Gasteiger partial charge in [0.15, 0.2) is 5.13 Å². The van der Waals surface area contributed by atoms with Gasteiger partial charge in [0.2, 0.25) is 0 Å². The number of phenolic OH excluding ortho intramolecular Hbond substituents is 1. The Morgan fingerprint density at radius 3 is 2.61 bits per heavy atom. The van der Waals surface area contributed by atoms with Crippen LogP contribution in [0.2, 0.25) is 0 Å². The van der Waals surface area contributed by atoms with Gasteiger partial charge in [-0.2, -0.15) is 13.2 Å². The number of rotatable bonds is 7. The second-order valence-corrected chi connectivity index (χ2v) is 7.48. The molecule has 28 heavy (non-hydrogen) atoms. The molecule has 1 aromatic heterocycles. The first-order chi connectivity index (χ1) is 13.2. The summed E-state index contributed by atoms with van der Waals surface area (Å²) in [5.74, 6) is -1.08. The number of aromatic nitrogens is 1. The van der Waals surface area contributed by atoms with Crippen molar-refractivity contribution in [2.75, 3.05) is 18.4 Å². The third-order valence-electron chi connectivity index (χ3n) is 4.04. The van der Waals surface area contributed by atoms with Gasteiger partial charge in [0, 0.05) is 19.2 Å². The zero-order chi connectivity index (χ0) is 20.3. The van der Waals surface area contributed by atoms with Gasteiger partial charge in [0.25, 0.3) is 0 Å². The van der Waals surface area contributed by atoms with Crippen LogP contribution in [0.5, 0.6) is 5.75 Å². The molecule has 0 fully saturated rings. The highest BCUT2D eigenvalue weighted by atomic mass is 32.1. The molecule has 0 bridgehead atoms. The van der Waals surface area contributed by atoms with Gasteiger partial charge < -0.3 is 15.7 Å². The number of alkyl halides is 3. The quantitative estimate of drug-likeness (QED) is 0.374. The van der Waals surface area contributed by atoms with E-state index in [-0.39, 0.29) is 16.0 Å². The third-order valence-corrected chi connectivity index (χ3v) is 5.02. The second-order valence-electron chi connectivity index (χ2n) is 6.45. The van der Waals surface area contributed by atoms with Crippen molar-refractivity contribution in [3.8, 4) is 5.75 Å². The molecule has 4 nitrogen and oxygen atoms in total. The summed E-state index contributed by atoms with van der Waals surface area (Å²) in [6.07, 6.45) is -3.97. The maximum Gasteiger partial charge on any atom is 0.419 e. The number of anilines is 1. The molecule has 0 aliphatic rings. The molecule has 0 amide bonds. The number of fused-ring (bicyclic) bond motifs is 1. The minimum Gasteiger partial charge on any atom is -0.508 e. The lowest BCUT2D eigenvalue weighted by atomic mass is 10.1. The maximum atomic E-state index is 13.6. The molecule has 0 aliphatic carbocycles. The van der Waals surface area contributed by atoms with Gasteiger partial charge in [-0.25, -0.2) is 9.37 Å². The zero-order valence-corrected chi connectivity index (χ0v) is 15.8. The van der Waals surface area contributed by atoms with Crippen molar-refractivity contribution in [2.24, 2.45) is 0 Å². The molecule has 3 N–H and O–H groups in total. The number of aryl methyl sites for hydroxylation is 1. The molecule has 3 rings (SSSR count). The van der Waals surface area contributed by atoms with Crippen molar-refractivity contribution in [1.29, 1.82) is 0 Å². The Morgan fingerprint density at radius 1 is 1.11 bits per heavy atom. The minimum atomic E-state index is -4.73. The van der Waals surface area contributed by atoms with Gasteiger partial charge in [-0.1, -0.05) is 17.4 Å². The monoisotopic (exact) mass is 413 g/mol. The third kappa shape index (κ3) is 5.11. The van der Waals surface area contributed by atoms with Crippen LogP contribution in [-0.4, -0.2) is 23.2 Å². The second kappa shape index (κ2) is 8.32. The fraction of sp³-hybridized carbons (Fsp3) is 0.316. The molecular formula is C19H19F4N3OS. The van der Waals surface area contributed by atoms with Crippen molar-refractivity contribution in [1.82, 2.24) is 10.3 Å². The van der Waals surface area contributed by atoms with E-state index in [1.54, 1.807) is 12.1 Å². The van der Waals surface area contributed by atoms with E-state index in [1.807, 2.05) is 13.0 Å². The van der Waals surface area contributed by atoms with E-state index in [9.17, 15) is 22.7 Å². The summed E-state index contributed by atoms with van der Waals surface area (Å²) < 4.78 is 52.2. The van der Waals surface area contributed by atoms with E-state index in [0.29, 0.717) is 24.8 Å². The summed E-state index contributed by atoms with van der Waals surface area (Å²) in [4.78, 5) is 4.13. The van der Waals surface area contributed by atoms with Gasteiger partial charge in [0.1, 0.15) is 11.6 Å². The number of aromatic hydroxyl groups is 1. The fourth-order valence-electron chi connectivity index (χ4n) is 2.83. The van der Waals surface area contributed by atoms with Gasteiger partial charge >= 0.3 is 6.18 Å². The predicted molar refractivity (Wildman–Crippen MR) is 102 cm³/mol. The first-order valence-corrected chi connectivity index (χ1v) is 9.45. The molecule has 0 unspecified atom stereocenters. The first kappa shape index (κ1) is 20.3. The highest BCUT2D eigenvalue weighted by Crippen LogP contribution is 2.36. The van der Waals surface area contributed by atoms with Crippen LogP contribution in [0.1, 0.15) is 23.1 Å². The lowest BCUT2D eigenvalue weighted by Gasteiger charge is -2.07. The van der Waals surface area contributed by atoms with E-state index >= 15 is 0 Å². The Hall–Kier alpha value is -2.39. The van der Waals surface area contributed by atoms with E-state index in [1.165, 1.54) is 0 Å². The van der Waals surface area contributed by atoms with E-state index in [4.69, 9.17) is 0 Å². The highest BCUT2D eigenvalue weighted by molar-refractivity contribution is 7.22. The SMILES string of the molecule is Cc1cc(O)cc(CNCCCNc2nc3cc(F)c(C(F)(F)F)cc3s2)c1. The summed E-state index contributed by atoms with van der Waals surface area (Å²) in [7, 11) is 0. The summed E-state index contributed by atoms with van der Waals surface area (Å²) in [5.41, 5.74) is 0.899. The number of phenols is 1. The zero-order valence-electron chi connectivity index (χ0n) is 15.0. The van der Waals surface area contributed by atoms with E-state index < -0.39 is 17.6 Å². The average molecular weight is 413 g/mol. The van der Waals surface area contributed by atoms with Crippen LogP contribution in [0.15, 0.2) is 30.3 Å². The van der Waals surface area contributed by atoms with Crippen LogP contribution < -0.4 is 10.6 Å². The Kier molecular flexibility index (Phi) is 6.04. The van der Waals surface area contributed by atoms with Gasteiger partial charge in [-0.3, -0.25) is 0 Å². The number of nitrogens with zero attached hydrogens (tertiary/aromatic N) is 1. The first-order valence-electron chi connectivity index (χ1n) is 8.64. The largest absolute Gasteiger partial charge is 0.508 e. The lowest BCUT2D eigenvalue weighted by molar-refractivity contribution is -0.139. The standard InChI is InChI=1S/C19H19F4N3OS/c1-11-5-12(7-13(27)6-11)10-24-3-2-4-25-18-26-16-9-15(20)14(19(21,22)23)8-17(16)28-18/h5-9,24,27H,2-4,10H2,1H3,(H,25,26). The fourth-order valence-corrected chi connectivity index (χ4v) is 3.74. The van der Waals surface area contributed by atoms with E-state index in [0.717, 1.165) is 41.0 Å². The Bertz CT molecular complexity index is 951. The molecular weight excluding hydrogens is 394 g/mol. The molecule has 0 saturated heterocycles. The number of thiazole rings is 1. The molecule has 150 valence electrons. The smallest absolute Gasteiger partial charge is 0.419 e. The molecule has 2 aromatic carbocycles. The molecule has 1 heterocycles. The minimum absolute atomic E-state index is 0.204. The number of hydrogen-bond acceptors (Lipinski definition) is 5. The lowest BCUT2D eigenvalue weighted by Crippen LogP contribution is -2.17. The van der Waals surface area contributed by atoms with Crippen LogP contribution >= 0.6 is 11.3 Å². The number of hydrogen-bond donors (Lipinski definition) is 3. The molecule has 0 spiro atoms. The van der Waals surface area contributed by atoms with E-state index in [2.05, 4.69) is 15.6 Å². The summed E-state index contributed by atoms with van der Waals surface area (Å²) in [6.45, 7) is 3.81. The molecule has 9 heteroatoms. The Labute approximate surface area is 163 Å². The Balaban J connectivity index is 1.49. The van der Waals surface area contributed by atoms with Crippen LogP contribution in [0, 0.1) is 12.7 Å². The number of benzene rings is 2. The maximum absolute atomic E-state index is 13.6. The van der Waals surface area contributed by atoms with Crippen LogP contribution in [0.3, 0.4) is 0 Å². The highest BCUT2D eigenvalue weighted by Gasteiger charge is 2.34. The van der Waals surface area contributed by atoms with Crippen LogP contribution in [-0.2, 0) is 12.7 Å². The normalized spacial score (nSPS) is 11.9. The van der Waals surface area contributed by atoms with Crippen molar-refractivity contribution in [2.45, 2.75) is 26.1 Å². The molecule has 0 aliphatic heterocycles. The average Bonchev–Trinajstić information content (AvgIpc) is 2.97. The van der Waals surface area contributed by atoms with Crippen LogP contribution in [0.25, 0.3) is 10.2 Å². The summed E-state index contributed by atoms with van der Waals surface area (Å²) in [5, 5.41) is 16.3. The predicted octanol–water partition coefficient (Wildman–Crippen LogP) is 5.06. The Morgan fingerprint density at radius 2 is 1.89 bits per heavy atom. The van der Waals surface area contributed by atoms with Crippen LogP contribution in [0.4, 0.5) is 22.7 Å². The van der Waals surface area contributed by atoms with Crippen molar-refractivity contribution >= 4 is 26.7 Å². The van der Waals surface area contributed by atoms with Gasteiger partial charge in [-0.15, -0.1) is 0 Å². The topological polar surface area (TPSA) is 57.2 Å². The van der Waals surface area contributed by atoms with Crippen molar-refractivity contribution in [3.05, 3.63) is 52.8 Å². The molecule has 3 aromatic rings. The van der Waals surface area contributed by atoms with Gasteiger partial charge in [-0.05, 0) is 49.2 Å². The van der Waals surface area contributed by atoms with Crippen molar-refractivity contribution < 1.29 is 22.7 Å². The summed E-state index contributed by atoms with van der Waals surface area (Å²) in [6, 6.07) is 6.99. The number of halogens is 4. The van der Waals surface area contributed by atoms with Gasteiger partial charge in [0.05, 0.1) is 15.8 Å². The van der Waals surface area contributed by atoms with Crippen molar-refractivity contribution in [3.63, 3.8) is 0 Å².